The van der Waals surface area contributed by atoms with Gasteiger partial charge in [0.2, 0.25) is 11.8 Å². The van der Waals surface area contributed by atoms with E-state index < -0.39 is 23.7 Å². The molecule has 0 aromatic heterocycles. The van der Waals surface area contributed by atoms with E-state index in [1.807, 2.05) is 0 Å². The molecule has 0 unspecified atom stereocenters. The number of carbonyl (C=O) groups is 4. The maximum absolute atomic E-state index is 11.7. The van der Waals surface area contributed by atoms with Gasteiger partial charge in [-0.25, -0.2) is 0 Å². The highest BCUT2D eigenvalue weighted by Crippen LogP contribution is 2.02. The summed E-state index contributed by atoms with van der Waals surface area (Å²) in [6.45, 7) is 1.62. The van der Waals surface area contributed by atoms with E-state index in [0.29, 0.717) is 0 Å². The third-order valence-electron chi connectivity index (χ3n) is 2.25. The van der Waals surface area contributed by atoms with E-state index in [-0.39, 0.29) is 31.6 Å². The Morgan fingerprint density at radius 1 is 1.22 bits per heavy atom. The maximum atomic E-state index is 11.7. The number of carbonyl (C=O) groups excluding carboxylic acids is 4. The fraction of sp³-hybridized carbons (Fsp3) is 0.636. The molecule has 102 valence electrons. The molecular formula is C11H18N2O5. The minimum atomic E-state index is -0.973. The molecule has 0 aromatic carbocycles. The number of methoxy groups -OCH3 is 1. The summed E-state index contributed by atoms with van der Waals surface area (Å²) in [6, 6.07) is -0.973. The highest BCUT2D eigenvalue weighted by atomic mass is 16.5. The number of hydrogen-bond acceptors (Lipinski definition) is 5. The van der Waals surface area contributed by atoms with Crippen LogP contribution in [0.15, 0.2) is 0 Å². The summed E-state index contributed by atoms with van der Waals surface area (Å²) in [6.07, 6.45) is -0.271. The molecule has 3 N–H and O–H groups in total. The topological polar surface area (TPSA) is 116 Å². The molecule has 0 spiro atoms. The molecule has 0 aliphatic rings. The molecule has 0 rings (SSSR count). The lowest BCUT2D eigenvalue weighted by Gasteiger charge is -2.15. The number of ketones is 1. The molecule has 2 amide bonds. The molecule has 0 aliphatic heterocycles. The smallest absolute Gasteiger partial charge is 0.305 e. The van der Waals surface area contributed by atoms with Crippen LogP contribution in [0.4, 0.5) is 0 Å². The second-order valence-corrected chi connectivity index (χ2v) is 3.69. The molecule has 0 aromatic rings. The molecule has 18 heavy (non-hydrogen) atoms. The summed E-state index contributed by atoms with van der Waals surface area (Å²) in [5, 5.41) is 2.40. The Kier molecular flexibility index (Phi) is 7.34. The van der Waals surface area contributed by atoms with E-state index in [1.54, 1.807) is 6.92 Å². The molecule has 1 atom stereocenters. The third-order valence-corrected chi connectivity index (χ3v) is 2.25. The van der Waals surface area contributed by atoms with Gasteiger partial charge in [0.05, 0.1) is 26.0 Å². The van der Waals surface area contributed by atoms with Crippen LogP contribution in [0.3, 0.4) is 0 Å². The van der Waals surface area contributed by atoms with Gasteiger partial charge in [-0.3, -0.25) is 19.2 Å². The molecule has 0 aliphatic carbocycles. The van der Waals surface area contributed by atoms with E-state index in [2.05, 4.69) is 10.1 Å². The largest absolute Gasteiger partial charge is 0.469 e. The van der Waals surface area contributed by atoms with Gasteiger partial charge < -0.3 is 15.8 Å². The number of Topliss-reactive ketones (excluding diaryl/α,β-unsaturated/α-hetero) is 1. The van der Waals surface area contributed by atoms with Crippen LogP contribution >= 0.6 is 0 Å². The monoisotopic (exact) mass is 258 g/mol. The summed E-state index contributed by atoms with van der Waals surface area (Å²) < 4.78 is 4.39. The van der Waals surface area contributed by atoms with Gasteiger partial charge in [0.1, 0.15) is 0 Å². The zero-order chi connectivity index (χ0) is 14.1. The summed E-state index contributed by atoms with van der Waals surface area (Å²) >= 11 is 0. The summed E-state index contributed by atoms with van der Waals surface area (Å²) in [4.78, 5) is 44.6. The van der Waals surface area contributed by atoms with Crippen molar-refractivity contribution in [3.8, 4) is 0 Å². The van der Waals surface area contributed by atoms with Crippen LogP contribution in [0.2, 0.25) is 0 Å². The molecule has 0 fully saturated rings. The average molecular weight is 258 g/mol. The Hall–Kier alpha value is -1.92. The zero-order valence-corrected chi connectivity index (χ0v) is 10.5. The standard InChI is InChI=1S/C11H18N2O5/c1-3-10(16)13-7(6-9(12)15)8(14)4-5-11(17)18-2/h7H,3-6H2,1-2H3,(H2,12,15)(H,13,16)/t7-/m1/s1. The number of nitrogens with one attached hydrogen (secondary N) is 1. The van der Waals surface area contributed by atoms with E-state index >= 15 is 0 Å². The molecule has 0 saturated carbocycles. The average Bonchev–Trinajstić information content (AvgIpc) is 2.33. The fourth-order valence-electron chi connectivity index (χ4n) is 1.24. The molecule has 0 saturated heterocycles. The first-order valence-corrected chi connectivity index (χ1v) is 5.57. The van der Waals surface area contributed by atoms with E-state index in [1.165, 1.54) is 7.11 Å². The van der Waals surface area contributed by atoms with Crippen LogP contribution in [0.5, 0.6) is 0 Å². The molecule has 0 bridgehead atoms. The van der Waals surface area contributed by atoms with Crippen molar-refractivity contribution in [2.75, 3.05) is 7.11 Å². The number of nitrogens with two attached hydrogens (primary N) is 1. The number of amides is 2. The molecule has 7 heteroatoms. The Bertz CT molecular complexity index is 340. The second kappa shape index (κ2) is 8.21. The van der Waals surface area contributed by atoms with E-state index in [0.717, 1.165) is 0 Å². The minimum absolute atomic E-state index is 0.0907. The maximum Gasteiger partial charge on any atom is 0.305 e. The zero-order valence-electron chi connectivity index (χ0n) is 10.5. The van der Waals surface area contributed by atoms with Crippen molar-refractivity contribution in [3.63, 3.8) is 0 Å². The Morgan fingerprint density at radius 3 is 2.28 bits per heavy atom. The number of esters is 1. The van der Waals surface area contributed by atoms with Gasteiger partial charge in [0.25, 0.3) is 0 Å². The quantitative estimate of drug-likeness (QED) is 0.557. The number of rotatable bonds is 8. The normalized spacial score (nSPS) is 11.4. The van der Waals surface area contributed by atoms with Crippen molar-refractivity contribution in [2.24, 2.45) is 5.73 Å². The number of hydrogen-bond donors (Lipinski definition) is 2. The van der Waals surface area contributed by atoms with Crippen molar-refractivity contribution >= 4 is 23.6 Å². The molecule has 7 nitrogen and oxygen atoms in total. The summed E-state index contributed by atoms with van der Waals surface area (Å²) in [5.41, 5.74) is 5.00. The van der Waals surface area contributed by atoms with Gasteiger partial charge in [0, 0.05) is 12.8 Å². The predicted molar refractivity (Wildman–Crippen MR) is 62.3 cm³/mol. The fourth-order valence-corrected chi connectivity index (χ4v) is 1.24. The lowest BCUT2D eigenvalue weighted by molar-refractivity contribution is -0.142. The van der Waals surface area contributed by atoms with Crippen LogP contribution in [0.1, 0.15) is 32.6 Å². The van der Waals surface area contributed by atoms with Crippen molar-refractivity contribution in [1.29, 1.82) is 0 Å². The van der Waals surface area contributed by atoms with Gasteiger partial charge in [-0.15, -0.1) is 0 Å². The first-order valence-electron chi connectivity index (χ1n) is 5.57. The number of primary amides is 1. The van der Waals surface area contributed by atoms with Crippen LogP contribution in [-0.4, -0.2) is 36.7 Å². The Balaban J connectivity index is 4.44. The SMILES string of the molecule is CCC(=O)N[C@H](CC(N)=O)C(=O)CCC(=O)OC. The lowest BCUT2D eigenvalue weighted by Crippen LogP contribution is -2.43. The first kappa shape index (κ1) is 16.1. The van der Waals surface area contributed by atoms with Crippen LogP contribution in [0, 0.1) is 0 Å². The van der Waals surface area contributed by atoms with Crippen LogP contribution < -0.4 is 11.1 Å². The predicted octanol–water partition coefficient (Wildman–Crippen LogP) is -0.721. The molecule has 0 radical (unpaired) electrons. The Morgan fingerprint density at radius 2 is 1.83 bits per heavy atom. The lowest BCUT2D eigenvalue weighted by atomic mass is 10.0. The van der Waals surface area contributed by atoms with Crippen molar-refractivity contribution in [1.82, 2.24) is 5.32 Å². The summed E-state index contributed by atoms with van der Waals surface area (Å²) in [7, 11) is 1.21. The van der Waals surface area contributed by atoms with Crippen LogP contribution in [0.25, 0.3) is 0 Å². The first-order chi connectivity index (χ1) is 8.40. The van der Waals surface area contributed by atoms with Crippen molar-refractivity contribution in [2.45, 2.75) is 38.6 Å². The Labute approximate surface area is 105 Å². The number of ether oxygens (including phenoxy) is 1. The minimum Gasteiger partial charge on any atom is -0.469 e. The highest BCUT2D eigenvalue weighted by molar-refractivity contribution is 5.94. The highest BCUT2D eigenvalue weighted by Gasteiger charge is 2.22. The molecular weight excluding hydrogens is 240 g/mol. The third kappa shape index (κ3) is 6.62. The van der Waals surface area contributed by atoms with Gasteiger partial charge in [-0.1, -0.05) is 6.92 Å². The van der Waals surface area contributed by atoms with Gasteiger partial charge in [-0.05, 0) is 0 Å². The second-order valence-electron chi connectivity index (χ2n) is 3.69. The van der Waals surface area contributed by atoms with Gasteiger partial charge >= 0.3 is 5.97 Å². The van der Waals surface area contributed by atoms with Gasteiger partial charge in [-0.2, -0.15) is 0 Å². The van der Waals surface area contributed by atoms with Gasteiger partial charge in [0.15, 0.2) is 5.78 Å². The molecule has 0 heterocycles. The summed E-state index contributed by atoms with van der Waals surface area (Å²) in [5.74, 6) is -1.99. The van der Waals surface area contributed by atoms with E-state index in [4.69, 9.17) is 5.73 Å². The van der Waals surface area contributed by atoms with Crippen molar-refractivity contribution in [3.05, 3.63) is 0 Å². The van der Waals surface area contributed by atoms with Crippen LogP contribution in [-0.2, 0) is 23.9 Å². The van der Waals surface area contributed by atoms with E-state index in [9.17, 15) is 19.2 Å². The van der Waals surface area contributed by atoms with Crippen molar-refractivity contribution < 1.29 is 23.9 Å².